The minimum Gasteiger partial charge on any atom is -0.341 e. The first kappa shape index (κ1) is 15.1. The Hall–Kier alpha value is -1.84. The fourth-order valence-corrected chi connectivity index (χ4v) is 3.59. The van der Waals surface area contributed by atoms with Crippen molar-refractivity contribution in [1.29, 1.82) is 0 Å². The maximum atomic E-state index is 12.2. The smallest absolute Gasteiger partial charge is 0.222 e. The highest BCUT2D eigenvalue weighted by Crippen LogP contribution is 2.33. The number of benzene rings is 1. The second kappa shape index (κ2) is 6.11. The van der Waals surface area contributed by atoms with Crippen molar-refractivity contribution < 1.29 is 9.59 Å². The van der Waals surface area contributed by atoms with Gasteiger partial charge in [0, 0.05) is 44.4 Å². The third-order valence-electron chi connectivity index (χ3n) is 5.07. The molecule has 2 heterocycles. The minimum absolute atomic E-state index is 0.0180. The Morgan fingerprint density at radius 2 is 1.68 bits per heavy atom. The van der Waals surface area contributed by atoms with E-state index >= 15 is 0 Å². The van der Waals surface area contributed by atoms with Crippen molar-refractivity contribution in [1.82, 2.24) is 9.80 Å². The standard InChI is InChI=1S/C18H24N2O2/c1-18(15-6-3-2-4-7-15)10-9-17(22)20(14-18)13-12-19-11-5-8-16(19)21/h2-4,6-7H,5,8-14H2,1H3. The van der Waals surface area contributed by atoms with Gasteiger partial charge in [0.2, 0.25) is 11.8 Å². The summed E-state index contributed by atoms with van der Waals surface area (Å²) >= 11 is 0. The molecule has 1 aromatic rings. The lowest BCUT2D eigenvalue weighted by molar-refractivity contribution is -0.137. The number of rotatable bonds is 4. The first-order valence-electron chi connectivity index (χ1n) is 8.20. The molecule has 2 saturated heterocycles. The van der Waals surface area contributed by atoms with Gasteiger partial charge in [0.25, 0.3) is 0 Å². The summed E-state index contributed by atoms with van der Waals surface area (Å²) < 4.78 is 0. The van der Waals surface area contributed by atoms with E-state index in [2.05, 4.69) is 31.2 Å². The van der Waals surface area contributed by atoms with Crippen LogP contribution in [-0.2, 0) is 15.0 Å². The van der Waals surface area contributed by atoms with Crippen molar-refractivity contribution in [3.8, 4) is 0 Å². The molecular weight excluding hydrogens is 276 g/mol. The number of piperidine rings is 1. The highest BCUT2D eigenvalue weighted by atomic mass is 16.2. The minimum atomic E-state index is 0.0180. The summed E-state index contributed by atoms with van der Waals surface area (Å²) in [6, 6.07) is 10.4. The first-order chi connectivity index (χ1) is 10.6. The van der Waals surface area contributed by atoms with Crippen LogP contribution in [0.5, 0.6) is 0 Å². The zero-order chi connectivity index (χ0) is 15.6. The highest BCUT2D eigenvalue weighted by Gasteiger charge is 2.36. The van der Waals surface area contributed by atoms with Gasteiger partial charge >= 0.3 is 0 Å². The van der Waals surface area contributed by atoms with E-state index < -0.39 is 0 Å². The summed E-state index contributed by atoms with van der Waals surface area (Å²) in [6.07, 6.45) is 3.11. The Kier molecular flexibility index (Phi) is 4.19. The first-order valence-corrected chi connectivity index (χ1v) is 8.20. The van der Waals surface area contributed by atoms with E-state index in [0.717, 1.165) is 25.9 Å². The summed E-state index contributed by atoms with van der Waals surface area (Å²) in [5.41, 5.74) is 1.31. The predicted octanol–water partition coefficient (Wildman–Crippen LogP) is 2.19. The molecular formula is C18H24N2O2. The average Bonchev–Trinajstić information content (AvgIpc) is 2.94. The summed E-state index contributed by atoms with van der Waals surface area (Å²) in [4.78, 5) is 27.8. The fourth-order valence-electron chi connectivity index (χ4n) is 3.59. The van der Waals surface area contributed by atoms with Crippen molar-refractivity contribution in [3.63, 3.8) is 0 Å². The monoisotopic (exact) mass is 300 g/mol. The van der Waals surface area contributed by atoms with E-state index in [1.165, 1.54) is 5.56 Å². The molecule has 2 fully saturated rings. The van der Waals surface area contributed by atoms with Crippen molar-refractivity contribution in [2.45, 2.75) is 38.0 Å². The molecule has 0 aliphatic carbocycles. The summed E-state index contributed by atoms with van der Waals surface area (Å²) in [5.74, 6) is 0.454. The van der Waals surface area contributed by atoms with Gasteiger partial charge in [-0.2, -0.15) is 0 Å². The molecule has 3 rings (SSSR count). The van der Waals surface area contributed by atoms with Crippen LogP contribution < -0.4 is 0 Å². The Morgan fingerprint density at radius 1 is 1.00 bits per heavy atom. The number of hydrogen-bond donors (Lipinski definition) is 0. The van der Waals surface area contributed by atoms with Gasteiger partial charge in [-0.3, -0.25) is 9.59 Å². The van der Waals surface area contributed by atoms with Gasteiger partial charge in [0.15, 0.2) is 0 Å². The van der Waals surface area contributed by atoms with E-state index in [0.29, 0.717) is 25.9 Å². The van der Waals surface area contributed by atoms with Gasteiger partial charge in [-0.15, -0.1) is 0 Å². The normalized spacial score (nSPS) is 25.9. The summed E-state index contributed by atoms with van der Waals surface area (Å²) in [6.45, 7) is 5.17. The van der Waals surface area contributed by atoms with Gasteiger partial charge in [-0.25, -0.2) is 0 Å². The van der Waals surface area contributed by atoms with E-state index in [1.54, 1.807) is 0 Å². The predicted molar refractivity (Wildman–Crippen MR) is 85.4 cm³/mol. The number of carbonyl (C=O) groups excluding carboxylic acids is 2. The van der Waals surface area contributed by atoms with Crippen LogP contribution in [-0.4, -0.2) is 47.8 Å². The van der Waals surface area contributed by atoms with Crippen LogP contribution >= 0.6 is 0 Å². The molecule has 2 amide bonds. The van der Waals surface area contributed by atoms with Crippen LogP contribution in [0.15, 0.2) is 30.3 Å². The van der Waals surface area contributed by atoms with Gasteiger partial charge in [-0.1, -0.05) is 37.3 Å². The molecule has 1 aromatic carbocycles. The molecule has 2 aliphatic heterocycles. The van der Waals surface area contributed by atoms with Crippen LogP contribution in [0, 0.1) is 0 Å². The lowest BCUT2D eigenvalue weighted by atomic mass is 9.76. The number of hydrogen-bond acceptors (Lipinski definition) is 2. The molecule has 0 saturated carbocycles. The van der Waals surface area contributed by atoms with E-state index in [1.807, 2.05) is 15.9 Å². The zero-order valence-corrected chi connectivity index (χ0v) is 13.3. The zero-order valence-electron chi connectivity index (χ0n) is 13.3. The number of amides is 2. The quantitative estimate of drug-likeness (QED) is 0.855. The van der Waals surface area contributed by atoms with E-state index in [-0.39, 0.29) is 17.2 Å². The molecule has 0 radical (unpaired) electrons. The van der Waals surface area contributed by atoms with E-state index in [4.69, 9.17) is 0 Å². The fraction of sp³-hybridized carbons (Fsp3) is 0.556. The lowest BCUT2D eigenvalue weighted by Crippen LogP contribution is -2.49. The Morgan fingerprint density at radius 3 is 2.36 bits per heavy atom. The molecule has 22 heavy (non-hydrogen) atoms. The SMILES string of the molecule is CC1(c2ccccc2)CCC(=O)N(CCN2CCCC2=O)C1. The molecule has 0 N–H and O–H groups in total. The maximum Gasteiger partial charge on any atom is 0.222 e. The number of nitrogens with zero attached hydrogens (tertiary/aromatic N) is 2. The van der Waals surface area contributed by atoms with Crippen molar-refractivity contribution in [2.75, 3.05) is 26.2 Å². The molecule has 1 atom stereocenters. The Bertz CT molecular complexity index is 557. The molecule has 2 aliphatic rings. The Labute approximate surface area is 132 Å². The average molecular weight is 300 g/mol. The molecule has 118 valence electrons. The topological polar surface area (TPSA) is 40.6 Å². The van der Waals surface area contributed by atoms with Gasteiger partial charge in [-0.05, 0) is 18.4 Å². The lowest BCUT2D eigenvalue weighted by Gasteiger charge is -2.41. The van der Waals surface area contributed by atoms with Crippen LogP contribution in [0.4, 0.5) is 0 Å². The second-order valence-electron chi connectivity index (χ2n) is 6.73. The van der Waals surface area contributed by atoms with E-state index in [9.17, 15) is 9.59 Å². The molecule has 0 spiro atoms. The van der Waals surface area contributed by atoms with Crippen LogP contribution in [0.2, 0.25) is 0 Å². The van der Waals surface area contributed by atoms with Gasteiger partial charge in [0.05, 0.1) is 0 Å². The van der Waals surface area contributed by atoms with Crippen LogP contribution in [0.25, 0.3) is 0 Å². The van der Waals surface area contributed by atoms with Crippen LogP contribution in [0.3, 0.4) is 0 Å². The largest absolute Gasteiger partial charge is 0.341 e. The molecule has 0 bridgehead atoms. The second-order valence-corrected chi connectivity index (χ2v) is 6.73. The van der Waals surface area contributed by atoms with Crippen molar-refractivity contribution >= 4 is 11.8 Å². The third-order valence-corrected chi connectivity index (χ3v) is 5.07. The van der Waals surface area contributed by atoms with Crippen molar-refractivity contribution in [3.05, 3.63) is 35.9 Å². The highest BCUT2D eigenvalue weighted by molar-refractivity contribution is 5.79. The van der Waals surface area contributed by atoms with Gasteiger partial charge in [0.1, 0.15) is 0 Å². The molecule has 4 heteroatoms. The summed E-state index contributed by atoms with van der Waals surface area (Å²) in [5, 5.41) is 0. The number of likely N-dealkylation sites (tertiary alicyclic amines) is 2. The third kappa shape index (κ3) is 3.01. The maximum absolute atomic E-state index is 12.2. The molecule has 0 aromatic heterocycles. The van der Waals surface area contributed by atoms with Gasteiger partial charge < -0.3 is 9.80 Å². The molecule has 1 unspecified atom stereocenters. The Balaban J connectivity index is 1.66. The van der Waals surface area contributed by atoms with Crippen LogP contribution in [0.1, 0.15) is 38.2 Å². The van der Waals surface area contributed by atoms with Crippen molar-refractivity contribution in [2.24, 2.45) is 0 Å². The molecule has 4 nitrogen and oxygen atoms in total. The number of carbonyl (C=O) groups is 2. The summed E-state index contributed by atoms with van der Waals surface area (Å²) in [7, 11) is 0.